The number of amides is 3. The lowest BCUT2D eigenvalue weighted by Gasteiger charge is -2.27. The molecule has 1 heterocycles. The van der Waals surface area contributed by atoms with Crippen LogP contribution in [0.25, 0.3) is 0 Å². The number of aliphatic carboxylic acids is 1. The monoisotopic (exact) mass is 586 g/mol. The summed E-state index contributed by atoms with van der Waals surface area (Å²) < 4.78 is 13.9. The molecule has 10 heteroatoms. The molecule has 2 fully saturated rings. The van der Waals surface area contributed by atoms with Crippen LogP contribution < -0.4 is 15.5 Å². The normalized spacial score (nSPS) is 15.8. The first-order valence-corrected chi connectivity index (χ1v) is 14.5. The maximum absolute atomic E-state index is 13.9. The van der Waals surface area contributed by atoms with E-state index in [9.17, 15) is 28.7 Å². The van der Waals surface area contributed by atoms with Gasteiger partial charge in [-0.05, 0) is 68.1 Å². The van der Waals surface area contributed by atoms with E-state index < -0.39 is 29.6 Å². The van der Waals surface area contributed by atoms with Gasteiger partial charge in [0.2, 0.25) is 5.91 Å². The van der Waals surface area contributed by atoms with Crippen molar-refractivity contribution in [3.63, 3.8) is 0 Å². The zero-order valence-corrected chi connectivity index (χ0v) is 24.0. The fourth-order valence-corrected chi connectivity index (χ4v) is 5.31. The summed E-state index contributed by atoms with van der Waals surface area (Å²) in [6.07, 6.45) is 2.32. The van der Waals surface area contributed by atoms with Gasteiger partial charge in [0.15, 0.2) is 0 Å². The van der Waals surface area contributed by atoms with E-state index in [2.05, 4.69) is 15.5 Å². The molecule has 1 atom stereocenters. The Kier molecular flexibility index (Phi) is 9.04. The molecule has 1 unspecified atom stereocenters. The number of nitrogens with one attached hydrogen (secondary N) is 2. The van der Waals surface area contributed by atoms with Crippen molar-refractivity contribution < 1.29 is 28.7 Å². The van der Waals surface area contributed by atoms with Crippen molar-refractivity contribution in [2.75, 3.05) is 36.4 Å². The van der Waals surface area contributed by atoms with Gasteiger partial charge in [-0.15, -0.1) is 0 Å². The van der Waals surface area contributed by atoms with Gasteiger partial charge in [0.1, 0.15) is 5.82 Å². The number of hydrogen-bond acceptors (Lipinski definition) is 5. The summed E-state index contributed by atoms with van der Waals surface area (Å²) in [6, 6.07) is 16.8. The number of carbonyl (C=O) groups excluding carboxylic acids is 3. The molecule has 3 amide bonds. The molecule has 0 aromatic heterocycles. The molecule has 43 heavy (non-hydrogen) atoms. The predicted octanol–water partition coefficient (Wildman–Crippen LogP) is 4.78. The molecule has 3 aromatic carbocycles. The van der Waals surface area contributed by atoms with Crippen molar-refractivity contribution in [1.82, 2.24) is 10.2 Å². The Morgan fingerprint density at radius 1 is 0.907 bits per heavy atom. The number of aryl methyl sites for hydroxylation is 1. The van der Waals surface area contributed by atoms with Crippen molar-refractivity contribution in [3.05, 3.63) is 94.8 Å². The average Bonchev–Trinajstić information content (AvgIpc) is 3.84. The van der Waals surface area contributed by atoms with Gasteiger partial charge in [0.25, 0.3) is 11.8 Å². The van der Waals surface area contributed by atoms with E-state index >= 15 is 0 Å². The van der Waals surface area contributed by atoms with Crippen LogP contribution in [0.2, 0.25) is 0 Å². The summed E-state index contributed by atoms with van der Waals surface area (Å²) in [5, 5.41) is 15.2. The molecule has 3 aromatic rings. The van der Waals surface area contributed by atoms with Crippen molar-refractivity contribution in [2.24, 2.45) is 5.92 Å². The minimum Gasteiger partial charge on any atom is -0.481 e. The summed E-state index contributed by atoms with van der Waals surface area (Å²) in [7, 11) is 0. The minimum absolute atomic E-state index is 0.124. The van der Waals surface area contributed by atoms with E-state index in [0.717, 1.165) is 30.9 Å². The van der Waals surface area contributed by atoms with E-state index in [1.54, 1.807) is 30.3 Å². The number of rotatable bonds is 9. The van der Waals surface area contributed by atoms with Gasteiger partial charge in [-0.3, -0.25) is 19.2 Å². The summed E-state index contributed by atoms with van der Waals surface area (Å²) in [4.78, 5) is 54.9. The predicted molar refractivity (Wildman–Crippen MR) is 161 cm³/mol. The van der Waals surface area contributed by atoms with Gasteiger partial charge in [-0.2, -0.15) is 0 Å². The van der Waals surface area contributed by atoms with Gasteiger partial charge in [0.05, 0.1) is 23.8 Å². The van der Waals surface area contributed by atoms with Crippen LogP contribution in [-0.4, -0.2) is 59.9 Å². The average molecular weight is 587 g/mol. The summed E-state index contributed by atoms with van der Waals surface area (Å²) in [5.41, 5.74) is 3.04. The van der Waals surface area contributed by atoms with Gasteiger partial charge < -0.3 is 25.5 Å². The largest absolute Gasteiger partial charge is 0.481 e. The lowest BCUT2D eigenvalue weighted by Crippen LogP contribution is -2.36. The maximum Gasteiger partial charge on any atom is 0.305 e. The highest BCUT2D eigenvalue weighted by molar-refractivity contribution is 6.07. The number of benzene rings is 3. The Balaban J connectivity index is 1.41. The second kappa shape index (κ2) is 13.1. The molecule has 1 saturated heterocycles. The quantitative estimate of drug-likeness (QED) is 0.332. The number of carboxylic acid groups (broad SMARTS) is 1. The number of anilines is 2. The number of carbonyl (C=O) groups is 4. The zero-order valence-electron chi connectivity index (χ0n) is 24.0. The van der Waals surface area contributed by atoms with Crippen LogP contribution in [0.3, 0.4) is 0 Å². The highest BCUT2D eigenvalue weighted by Gasteiger charge is 2.34. The number of halogens is 1. The molecule has 5 rings (SSSR count). The number of nitrogens with zero attached hydrogens (tertiary/aromatic N) is 2. The first kappa shape index (κ1) is 29.8. The van der Waals surface area contributed by atoms with E-state index in [1.807, 2.05) is 24.0 Å². The van der Waals surface area contributed by atoms with Crippen molar-refractivity contribution in [3.8, 4) is 0 Å². The lowest BCUT2D eigenvalue weighted by atomic mass is 10.0. The summed E-state index contributed by atoms with van der Waals surface area (Å²) >= 11 is 0. The fourth-order valence-electron chi connectivity index (χ4n) is 5.31. The molecule has 9 nitrogen and oxygen atoms in total. The molecule has 1 aliphatic heterocycles. The van der Waals surface area contributed by atoms with Crippen molar-refractivity contribution in [2.45, 2.75) is 38.6 Å². The first-order valence-electron chi connectivity index (χ1n) is 14.5. The highest BCUT2D eigenvalue weighted by atomic mass is 19.1. The summed E-state index contributed by atoms with van der Waals surface area (Å²) in [5.74, 6) is -2.32. The van der Waals surface area contributed by atoms with Crippen molar-refractivity contribution in [1.29, 1.82) is 0 Å². The fraction of sp³-hybridized carbons (Fsp3) is 0.333. The van der Waals surface area contributed by atoms with Crippen LogP contribution in [-0.2, 0) is 9.59 Å². The molecular weight excluding hydrogens is 551 g/mol. The Morgan fingerprint density at radius 3 is 2.35 bits per heavy atom. The molecule has 1 saturated carbocycles. The van der Waals surface area contributed by atoms with Crippen LogP contribution >= 0.6 is 0 Å². The van der Waals surface area contributed by atoms with Crippen LogP contribution in [0.4, 0.5) is 15.8 Å². The topological polar surface area (TPSA) is 119 Å². The number of carboxylic acids is 1. The molecule has 224 valence electrons. The zero-order chi connectivity index (χ0) is 30.5. The third-order valence-electron chi connectivity index (χ3n) is 7.83. The van der Waals surface area contributed by atoms with E-state index in [1.165, 1.54) is 18.2 Å². The summed E-state index contributed by atoms with van der Waals surface area (Å²) in [6.45, 7) is 4.30. The third-order valence-corrected chi connectivity index (χ3v) is 7.83. The Labute approximate surface area is 249 Å². The molecular formula is C33H35FN4O5. The molecule has 0 spiro atoms. The Bertz CT molecular complexity index is 1520. The van der Waals surface area contributed by atoms with Crippen LogP contribution in [0.1, 0.15) is 63.6 Å². The highest BCUT2D eigenvalue weighted by Crippen LogP contribution is 2.33. The van der Waals surface area contributed by atoms with Crippen LogP contribution in [0, 0.1) is 18.7 Å². The van der Waals surface area contributed by atoms with E-state index in [-0.39, 0.29) is 29.4 Å². The SMILES string of the molecule is Cc1ccc(C(CC(=O)O)NC(=O)c2ccc(N3CCCN(C(=O)C4CC4)CC3)c(NC(=O)c3cccc(F)c3)c2)cc1. The van der Waals surface area contributed by atoms with Crippen LogP contribution in [0.5, 0.6) is 0 Å². The Morgan fingerprint density at radius 2 is 1.65 bits per heavy atom. The molecule has 1 aliphatic carbocycles. The van der Waals surface area contributed by atoms with Gasteiger partial charge in [-0.25, -0.2) is 4.39 Å². The maximum atomic E-state index is 13.9. The van der Waals surface area contributed by atoms with E-state index in [4.69, 9.17) is 0 Å². The molecule has 0 bridgehead atoms. The Hall–Kier alpha value is -4.73. The lowest BCUT2D eigenvalue weighted by molar-refractivity contribution is -0.137. The second-order valence-electron chi connectivity index (χ2n) is 11.2. The van der Waals surface area contributed by atoms with Gasteiger partial charge in [0, 0.05) is 43.2 Å². The molecule has 0 radical (unpaired) electrons. The van der Waals surface area contributed by atoms with Crippen molar-refractivity contribution >= 4 is 35.1 Å². The third kappa shape index (κ3) is 7.57. The first-order chi connectivity index (χ1) is 20.7. The number of hydrogen-bond donors (Lipinski definition) is 3. The second-order valence-corrected chi connectivity index (χ2v) is 11.2. The molecule has 2 aliphatic rings. The van der Waals surface area contributed by atoms with Crippen LogP contribution in [0.15, 0.2) is 66.7 Å². The van der Waals surface area contributed by atoms with E-state index in [0.29, 0.717) is 43.1 Å². The standard InChI is InChI=1S/C33H35FN4O5/c1-21-6-8-22(9-7-21)27(20-30(39)40)35-32(42)25-12-13-29(28(19-25)36-31(41)24-4-2-5-26(34)18-24)37-14-3-15-38(17-16-37)33(43)23-10-11-23/h2,4-9,12-13,18-19,23,27H,3,10-11,14-17,20H2,1H3,(H,35,42)(H,36,41)(H,39,40). The smallest absolute Gasteiger partial charge is 0.305 e. The molecule has 3 N–H and O–H groups in total. The van der Waals surface area contributed by atoms with Gasteiger partial charge >= 0.3 is 5.97 Å². The van der Waals surface area contributed by atoms with Gasteiger partial charge in [-0.1, -0.05) is 35.9 Å². The minimum atomic E-state index is -1.06.